The minimum atomic E-state index is -0.606. The second-order valence-corrected chi connectivity index (χ2v) is 7.71. The number of Topliss-reactive ketones (excluding diaryl/α,β-unsaturated/α-hetero) is 1. The van der Waals surface area contributed by atoms with Gasteiger partial charge in [-0.3, -0.25) is 14.4 Å². The number of benzene rings is 1. The summed E-state index contributed by atoms with van der Waals surface area (Å²) in [6.07, 6.45) is 0. The van der Waals surface area contributed by atoms with E-state index < -0.39 is 11.2 Å². The Morgan fingerprint density at radius 2 is 1.86 bits per heavy atom. The third-order valence-electron chi connectivity index (χ3n) is 4.35. The minimum absolute atomic E-state index is 0.0264. The maximum absolute atomic E-state index is 12.9. The van der Waals surface area contributed by atoms with Gasteiger partial charge in [0.25, 0.3) is 0 Å². The highest BCUT2D eigenvalue weighted by Crippen LogP contribution is 2.16. The van der Waals surface area contributed by atoms with Crippen molar-refractivity contribution in [2.75, 3.05) is 17.7 Å². The fourth-order valence-electron chi connectivity index (χ4n) is 2.47. The maximum atomic E-state index is 12.9. The van der Waals surface area contributed by atoms with E-state index in [4.69, 9.17) is 4.74 Å². The topological polar surface area (TPSA) is 77.4 Å². The summed E-state index contributed by atoms with van der Waals surface area (Å²) in [5.41, 5.74) is 2.77. The number of aryl methyl sites for hydroxylation is 1. The molecule has 28 heavy (non-hydrogen) atoms. The summed E-state index contributed by atoms with van der Waals surface area (Å²) < 4.78 is 19.8. The Bertz CT molecular complexity index is 877. The van der Waals surface area contributed by atoms with E-state index in [1.165, 1.54) is 24.3 Å². The quantitative estimate of drug-likeness (QED) is 0.538. The lowest BCUT2D eigenvalue weighted by Crippen LogP contribution is -2.23. The van der Waals surface area contributed by atoms with Gasteiger partial charge in [-0.15, -0.1) is 11.8 Å². The van der Waals surface area contributed by atoms with E-state index in [1.54, 1.807) is 13.0 Å². The Hall–Kier alpha value is -2.61. The van der Waals surface area contributed by atoms with Crippen molar-refractivity contribution in [3.05, 3.63) is 53.1 Å². The van der Waals surface area contributed by atoms with Gasteiger partial charge < -0.3 is 14.6 Å². The highest BCUT2D eigenvalue weighted by atomic mass is 32.2. The molecule has 8 heteroatoms. The molecule has 150 valence electrons. The molecule has 0 fully saturated rings. The van der Waals surface area contributed by atoms with Crippen LogP contribution in [0, 0.1) is 19.7 Å². The van der Waals surface area contributed by atoms with Crippen molar-refractivity contribution in [2.24, 2.45) is 7.05 Å². The third-order valence-corrected chi connectivity index (χ3v) is 5.47. The van der Waals surface area contributed by atoms with Gasteiger partial charge in [-0.1, -0.05) is 0 Å². The molecule has 1 aromatic heterocycles. The van der Waals surface area contributed by atoms with E-state index in [9.17, 15) is 18.8 Å². The number of carbonyl (C=O) groups excluding carboxylic acids is 3. The number of ether oxygens (including phenoxy) is 1. The monoisotopic (exact) mass is 406 g/mol. The zero-order valence-electron chi connectivity index (χ0n) is 16.2. The van der Waals surface area contributed by atoms with Gasteiger partial charge in [0.1, 0.15) is 11.1 Å². The van der Waals surface area contributed by atoms with Crippen molar-refractivity contribution in [1.29, 1.82) is 0 Å². The van der Waals surface area contributed by atoms with Gasteiger partial charge in [-0.2, -0.15) is 0 Å². The summed E-state index contributed by atoms with van der Waals surface area (Å²) in [7, 11) is 1.86. The molecule has 1 heterocycles. The second kappa shape index (κ2) is 9.54. The van der Waals surface area contributed by atoms with Crippen LogP contribution in [0.15, 0.2) is 30.3 Å². The number of nitrogens with one attached hydrogen (secondary N) is 1. The van der Waals surface area contributed by atoms with Crippen LogP contribution in [0.25, 0.3) is 0 Å². The van der Waals surface area contributed by atoms with Gasteiger partial charge in [0.2, 0.25) is 11.7 Å². The number of anilines is 1. The Balaban J connectivity index is 1.77. The van der Waals surface area contributed by atoms with Crippen molar-refractivity contribution < 1.29 is 23.5 Å². The standard InChI is InChI=1S/C20H23FN2O4S/c1-12-9-17(13(2)23(12)4)18(24)10-27-20(26)14(3)28-11-19(25)22-16-7-5-15(21)6-8-16/h5-9,14H,10-11H2,1-4H3,(H,22,25)/t14-/m0/s1. The molecule has 2 rings (SSSR count). The number of ketones is 1. The van der Waals surface area contributed by atoms with E-state index in [2.05, 4.69) is 5.32 Å². The fraction of sp³-hybridized carbons (Fsp3) is 0.350. The normalized spacial score (nSPS) is 11.8. The molecule has 0 aliphatic carbocycles. The van der Waals surface area contributed by atoms with Gasteiger partial charge in [0.15, 0.2) is 6.61 Å². The molecule has 0 aliphatic heterocycles. The molecule has 0 saturated heterocycles. The molecule has 1 N–H and O–H groups in total. The number of halogens is 1. The van der Waals surface area contributed by atoms with Gasteiger partial charge in [0, 0.05) is 29.7 Å². The van der Waals surface area contributed by atoms with Crippen LogP contribution in [0.1, 0.15) is 28.7 Å². The summed E-state index contributed by atoms with van der Waals surface area (Å²) in [6, 6.07) is 7.16. The van der Waals surface area contributed by atoms with Gasteiger partial charge >= 0.3 is 5.97 Å². The average Bonchev–Trinajstić information content (AvgIpc) is 2.93. The van der Waals surface area contributed by atoms with Gasteiger partial charge in [-0.05, 0) is 51.1 Å². The maximum Gasteiger partial charge on any atom is 0.319 e. The van der Waals surface area contributed by atoms with Crippen molar-refractivity contribution >= 4 is 35.1 Å². The van der Waals surface area contributed by atoms with Crippen LogP contribution in [-0.4, -0.2) is 39.8 Å². The molecule has 0 unspecified atom stereocenters. The molecule has 2 aromatic rings. The van der Waals surface area contributed by atoms with Crippen molar-refractivity contribution in [2.45, 2.75) is 26.0 Å². The highest BCUT2D eigenvalue weighted by molar-refractivity contribution is 8.01. The number of amides is 1. The molecule has 0 aliphatic rings. The molecule has 1 atom stereocenters. The first-order valence-corrected chi connectivity index (χ1v) is 9.73. The number of aromatic nitrogens is 1. The predicted octanol–water partition coefficient (Wildman–Crippen LogP) is 3.27. The lowest BCUT2D eigenvalue weighted by atomic mass is 10.1. The van der Waals surface area contributed by atoms with Crippen LogP contribution < -0.4 is 5.32 Å². The molecule has 6 nitrogen and oxygen atoms in total. The summed E-state index contributed by atoms with van der Waals surface area (Å²) in [6.45, 7) is 5.00. The van der Waals surface area contributed by atoms with Crippen LogP contribution in [0.2, 0.25) is 0 Å². The van der Waals surface area contributed by atoms with Crippen LogP contribution in [0.4, 0.5) is 10.1 Å². The molecule has 0 radical (unpaired) electrons. The molecule has 1 aromatic carbocycles. The minimum Gasteiger partial charge on any atom is -0.456 e. The largest absolute Gasteiger partial charge is 0.456 e. The number of esters is 1. The number of nitrogens with zero attached hydrogens (tertiary/aromatic N) is 1. The summed E-state index contributed by atoms with van der Waals surface area (Å²) >= 11 is 1.10. The first-order valence-electron chi connectivity index (χ1n) is 8.68. The third kappa shape index (κ3) is 5.69. The van der Waals surface area contributed by atoms with Crippen LogP contribution >= 0.6 is 11.8 Å². The fourth-order valence-corrected chi connectivity index (χ4v) is 3.15. The van der Waals surface area contributed by atoms with Crippen molar-refractivity contribution in [3.63, 3.8) is 0 Å². The molecular formula is C20H23FN2O4S. The molecule has 0 saturated carbocycles. The molecule has 0 spiro atoms. The second-order valence-electron chi connectivity index (χ2n) is 6.38. The van der Waals surface area contributed by atoms with Gasteiger partial charge in [0.05, 0.1) is 5.75 Å². The Kier molecular flexibility index (Phi) is 7.39. The zero-order valence-corrected chi connectivity index (χ0v) is 17.1. The van der Waals surface area contributed by atoms with Crippen molar-refractivity contribution in [1.82, 2.24) is 4.57 Å². The Labute approximate surface area is 167 Å². The van der Waals surface area contributed by atoms with Crippen LogP contribution in [-0.2, 0) is 21.4 Å². The van der Waals surface area contributed by atoms with E-state index in [-0.39, 0.29) is 29.9 Å². The van der Waals surface area contributed by atoms with E-state index in [0.717, 1.165) is 23.1 Å². The Morgan fingerprint density at radius 3 is 2.43 bits per heavy atom. The van der Waals surface area contributed by atoms with Crippen molar-refractivity contribution in [3.8, 4) is 0 Å². The first kappa shape index (κ1) is 21.7. The smallest absolute Gasteiger partial charge is 0.319 e. The zero-order chi connectivity index (χ0) is 20.8. The average molecular weight is 406 g/mol. The predicted molar refractivity (Wildman–Crippen MR) is 107 cm³/mol. The number of carbonyl (C=O) groups is 3. The van der Waals surface area contributed by atoms with Crippen LogP contribution in [0.5, 0.6) is 0 Å². The Morgan fingerprint density at radius 1 is 1.21 bits per heavy atom. The number of thioether (sulfide) groups is 1. The molecule has 0 bridgehead atoms. The summed E-state index contributed by atoms with van der Waals surface area (Å²) in [5.74, 6) is -1.50. The molecular weight excluding hydrogens is 383 g/mol. The summed E-state index contributed by atoms with van der Waals surface area (Å²) in [4.78, 5) is 36.2. The summed E-state index contributed by atoms with van der Waals surface area (Å²) in [5, 5.41) is 2.01. The number of hydrogen-bond acceptors (Lipinski definition) is 5. The first-order chi connectivity index (χ1) is 13.2. The SMILES string of the molecule is Cc1cc(C(=O)COC(=O)[C@H](C)SCC(=O)Nc2ccc(F)cc2)c(C)n1C. The highest BCUT2D eigenvalue weighted by Gasteiger charge is 2.20. The number of rotatable bonds is 8. The van der Waals surface area contributed by atoms with Crippen LogP contribution in [0.3, 0.4) is 0 Å². The number of hydrogen-bond donors (Lipinski definition) is 1. The molecule has 1 amide bonds. The van der Waals surface area contributed by atoms with E-state index in [0.29, 0.717) is 11.3 Å². The lowest BCUT2D eigenvalue weighted by molar-refractivity contribution is -0.141. The van der Waals surface area contributed by atoms with E-state index in [1.807, 2.05) is 25.5 Å². The lowest BCUT2D eigenvalue weighted by Gasteiger charge is -2.11. The van der Waals surface area contributed by atoms with Gasteiger partial charge in [-0.25, -0.2) is 4.39 Å². The van der Waals surface area contributed by atoms with E-state index >= 15 is 0 Å².